The molecule has 0 aliphatic heterocycles. The predicted molar refractivity (Wildman–Crippen MR) is 73.4 cm³/mol. The van der Waals surface area contributed by atoms with Crippen molar-refractivity contribution in [2.45, 2.75) is 5.75 Å². The smallest absolute Gasteiger partial charge is 0.238 e. The lowest BCUT2D eigenvalue weighted by Crippen LogP contribution is -2.16. The van der Waals surface area contributed by atoms with Crippen LogP contribution >= 0.6 is 0 Å². The van der Waals surface area contributed by atoms with Gasteiger partial charge < -0.3 is 4.74 Å². The summed E-state index contributed by atoms with van der Waals surface area (Å²) in [5.74, 6) is -0.417. The molecule has 2 rings (SSSR count). The maximum atomic E-state index is 13.4. The summed E-state index contributed by atoms with van der Waals surface area (Å²) in [6, 6.07) is 8.76. The van der Waals surface area contributed by atoms with Gasteiger partial charge in [0.2, 0.25) is 10.0 Å². The van der Waals surface area contributed by atoms with Crippen molar-refractivity contribution in [3.05, 3.63) is 54.0 Å². The molecule has 0 aliphatic carbocycles. The van der Waals surface area contributed by atoms with Crippen molar-refractivity contribution in [3.63, 3.8) is 0 Å². The number of benzene rings is 1. The normalized spacial score (nSPS) is 11.1. The topological polar surface area (TPSA) is 68.3 Å². The summed E-state index contributed by atoms with van der Waals surface area (Å²) in [6.07, 6.45) is 1.42. The highest BCUT2D eigenvalue weighted by atomic mass is 32.2. The summed E-state index contributed by atoms with van der Waals surface area (Å²) < 4.78 is 44.6. The molecule has 0 amide bonds. The average Bonchev–Trinajstić information content (AvgIpc) is 2.41. The van der Waals surface area contributed by atoms with E-state index in [1.54, 1.807) is 12.1 Å². The van der Waals surface area contributed by atoms with Crippen LogP contribution < -0.4 is 9.46 Å². The van der Waals surface area contributed by atoms with E-state index < -0.39 is 21.6 Å². The lowest BCUT2D eigenvalue weighted by atomic mass is 10.2. The van der Waals surface area contributed by atoms with Gasteiger partial charge in [-0.2, -0.15) is 0 Å². The van der Waals surface area contributed by atoms with Gasteiger partial charge in [-0.15, -0.1) is 0 Å². The van der Waals surface area contributed by atoms with Crippen molar-refractivity contribution in [2.24, 2.45) is 0 Å². The summed E-state index contributed by atoms with van der Waals surface area (Å²) >= 11 is 0. The summed E-state index contributed by atoms with van der Waals surface area (Å²) in [5.41, 5.74) is 0.0999. The fourth-order valence-corrected chi connectivity index (χ4v) is 2.76. The van der Waals surface area contributed by atoms with Crippen LogP contribution in [0.3, 0.4) is 0 Å². The van der Waals surface area contributed by atoms with E-state index in [1.807, 2.05) is 0 Å². The Kier molecular flexibility index (Phi) is 4.19. The molecule has 1 heterocycles. The number of pyridine rings is 1. The zero-order valence-electron chi connectivity index (χ0n) is 10.7. The molecule has 20 heavy (non-hydrogen) atoms. The van der Waals surface area contributed by atoms with Crippen LogP contribution in [0.15, 0.2) is 42.6 Å². The molecular weight excluding hydrogens is 283 g/mol. The fourth-order valence-electron chi connectivity index (χ4n) is 1.61. The lowest BCUT2D eigenvalue weighted by Gasteiger charge is -2.08. The third-order valence-electron chi connectivity index (χ3n) is 2.53. The van der Waals surface area contributed by atoms with Gasteiger partial charge in [0.15, 0.2) is 0 Å². The number of anilines is 1. The van der Waals surface area contributed by atoms with E-state index in [2.05, 4.69) is 9.71 Å². The molecule has 5 nitrogen and oxygen atoms in total. The fraction of sp³-hybridized carbons (Fsp3) is 0.154. The van der Waals surface area contributed by atoms with Gasteiger partial charge in [-0.05, 0) is 12.1 Å². The minimum atomic E-state index is -3.74. The van der Waals surface area contributed by atoms with E-state index in [9.17, 15) is 12.8 Å². The molecule has 0 aliphatic rings. The van der Waals surface area contributed by atoms with Crippen LogP contribution in [0.1, 0.15) is 5.56 Å². The van der Waals surface area contributed by atoms with Crippen LogP contribution in [0.2, 0.25) is 0 Å². The zero-order valence-corrected chi connectivity index (χ0v) is 11.5. The highest BCUT2D eigenvalue weighted by Gasteiger charge is 2.15. The molecule has 0 atom stereocenters. The van der Waals surface area contributed by atoms with Gasteiger partial charge in [0.25, 0.3) is 0 Å². The first-order chi connectivity index (χ1) is 9.50. The zero-order chi connectivity index (χ0) is 14.6. The Balaban J connectivity index is 2.17. The molecule has 0 saturated heterocycles. The van der Waals surface area contributed by atoms with Gasteiger partial charge in [0, 0.05) is 17.8 Å². The molecule has 106 valence electrons. The second-order valence-electron chi connectivity index (χ2n) is 4.03. The van der Waals surface area contributed by atoms with Gasteiger partial charge in [-0.1, -0.05) is 18.2 Å². The molecule has 0 unspecified atom stereocenters. The number of nitrogens with one attached hydrogen (secondary N) is 1. The van der Waals surface area contributed by atoms with Gasteiger partial charge in [-0.25, -0.2) is 17.8 Å². The van der Waals surface area contributed by atoms with E-state index in [1.165, 1.54) is 37.6 Å². The van der Waals surface area contributed by atoms with Crippen molar-refractivity contribution in [1.29, 1.82) is 0 Å². The first-order valence-corrected chi connectivity index (χ1v) is 7.39. The maximum Gasteiger partial charge on any atom is 0.238 e. The Morgan fingerprint density at radius 1 is 1.30 bits per heavy atom. The Morgan fingerprint density at radius 2 is 2.05 bits per heavy atom. The van der Waals surface area contributed by atoms with Gasteiger partial charge >= 0.3 is 0 Å². The third-order valence-corrected chi connectivity index (χ3v) is 3.74. The quantitative estimate of drug-likeness (QED) is 0.918. The van der Waals surface area contributed by atoms with Crippen molar-refractivity contribution in [2.75, 3.05) is 11.8 Å². The molecule has 0 saturated carbocycles. The standard InChI is InChI=1S/C13H13FN2O3S/c1-19-11-6-7-15-13(8-11)16-20(17,18)9-10-4-2-3-5-12(10)14/h2-8H,9H2,1H3,(H,15,16). The predicted octanol–water partition coefficient (Wildman–Crippen LogP) is 2.17. The van der Waals surface area contributed by atoms with E-state index in [0.29, 0.717) is 5.75 Å². The van der Waals surface area contributed by atoms with Crippen molar-refractivity contribution in [1.82, 2.24) is 4.98 Å². The third kappa shape index (κ3) is 3.67. The van der Waals surface area contributed by atoms with Crippen molar-refractivity contribution in [3.8, 4) is 5.75 Å². The average molecular weight is 296 g/mol. The van der Waals surface area contributed by atoms with Crippen LogP contribution in [0.4, 0.5) is 10.2 Å². The summed E-state index contributed by atoms with van der Waals surface area (Å²) in [4.78, 5) is 3.87. The first-order valence-electron chi connectivity index (χ1n) is 5.74. The van der Waals surface area contributed by atoms with Gasteiger partial charge in [0.1, 0.15) is 17.4 Å². The monoisotopic (exact) mass is 296 g/mol. The minimum absolute atomic E-state index is 0.0999. The van der Waals surface area contributed by atoms with Crippen LogP contribution in [0.5, 0.6) is 5.75 Å². The molecule has 1 N–H and O–H groups in total. The summed E-state index contributed by atoms with van der Waals surface area (Å²) in [5, 5.41) is 0. The van der Waals surface area contributed by atoms with Crippen LogP contribution in [0, 0.1) is 5.82 Å². The Bertz CT molecular complexity index is 704. The number of aromatic nitrogens is 1. The summed E-state index contributed by atoms with van der Waals surface area (Å²) in [6.45, 7) is 0. The SMILES string of the molecule is COc1ccnc(NS(=O)(=O)Cc2ccccc2F)c1. The molecule has 2 aromatic rings. The highest BCUT2D eigenvalue weighted by Crippen LogP contribution is 2.17. The second-order valence-corrected chi connectivity index (χ2v) is 5.76. The highest BCUT2D eigenvalue weighted by molar-refractivity contribution is 7.91. The number of methoxy groups -OCH3 is 1. The van der Waals surface area contributed by atoms with Crippen LogP contribution in [-0.2, 0) is 15.8 Å². The molecule has 1 aromatic carbocycles. The molecule has 1 aromatic heterocycles. The Morgan fingerprint density at radius 3 is 2.75 bits per heavy atom. The largest absolute Gasteiger partial charge is 0.497 e. The van der Waals surface area contributed by atoms with Gasteiger partial charge in [0.05, 0.1) is 12.9 Å². The minimum Gasteiger partial charge on any atom is -0.497 e. The number of hydrogen-bond donors (Lipinski definition) is 1. The lowest BCUT2D eigenvalue weighted by molar-refractivity contribution is 0.414. The molecule has 7 heteroatoms. The number of nitrogens with zero attached hydrogens (tertiary/aromatic N) is 1. The first kappa shape index (κ1) is 14.3. The van der Waals surface area contributed by atoms with E-state index in [-0.39, 0.29) is 11.4 Å². The van der Waals surface area contributed by atoms with Crippen molar-refractivity contribution < 1.29 is 17.5 Å². The molecule has 0 spiro atoms. The van der Waals surface area contributed by atoms with E-state index >= 15 is 0 Å². The van der Waals surface area contributed by atoms with Crippen LogP contribution in [-0.4, -0.2) is 20.5 Å². The van der Waals surface area contributed by atoms with E-state index in [4.69, 9.17) is 4.74 Å². The van der Waals surface area contributed by atoms with Gasteiger partial charge in [-0.3, -0.25) is 4.72 Å². The second kappa shape index (κ2) is 5.87. The molecule has 0 radical (unpaired) electrons. The number of hydrogen-bond acceptors (Lipinski definition) is 4. The number of rotatable bonds is 5. The molecular formula is C13H13FN2O3S. The van der Waals surface area contributed by atoms with E-state index in [0.717, 1.165) is 0 Å². The Hall–Kier alpha value is -2.15. The molecule has 0 bridgehead atoms. The number of sulfonamides is 1. The number of ether oxygens (including phenoxy) is 1. The Labute approximate surface area is 116 Å². The molecule has 0 fully saturated rings. The maximum absolute atomic E-state index is 13.4. The summed E-state index contributed by atoms with van der Waals surface area (Å²) in [7, 11) is -2.28. The number of halogens is 1. The van der Waals surface area contributed by atoms with Crippen LogP contribution in [0.25, 0.3) is 0 Å². The van der Waals surface area contributed by atoms with Crippen molar-refractivity contribution >= 4 is 15.8 Å².